The monoisotopic (exact) mass is 333 g/mol. The maximum absolute atomic E-state index is 12.2. The van der Waals surface area contributed by atoms with Crippen LogP contribution in [0.4, 0.5) is 0 Å². The minimum atomic E-state index is -0.0764. The first kappa shape index (κ1) is 15.4. The number of aromatic amines is 1. The number of rotatable bonds is 5. The number of para-hydroxylation sites is 1. The molecule has 0 fully saturated rings. The standard InChI is InChI=1S/C19H19N5O/c1-13-9-18-21-11-14(12-24(18)23-13)5-4-8-20-19(25)17-10-15-6-2-3-7-16(15)22-17/h2-3,6-7,9-12,22H,4-5,8H2,1H3,(H,20,25). The maximum atomic E-state index is 12.2. The zero-order chi connectivity index (χ0) is 17.2. The van der Waals surface area contributed by atoms with Crippen molar-refractivity contribution in [3.05, 3.63) is 65.7 Å². The molecule has 0 atom stereocenters. The summed E-state index contributed by atoms with van der Waals surface area (Å²) in [5, 5.41) is 8.37. The molecule has 0 aliphatic rings. The Bertz CT molecular complexity index is 1010. The van der Waals surface area contributed by atoms with E-state index in [0.717, 1.165) is 40.6 Å². The van der Waals surface area contributed by atoms with Crippen LogP contribution in [0.3, 0.4) is 0 Å². The molecule has 0 spiro atoms. The third-order valence-corrected chi connectivity index (χ3v) is 4.19. The highest BCUT2D eigenvalue weighted by molar-refractivity contribution is 5.97. The van der Waals surface area contributed by atoms with E-state index < -0.39 is 0 Å². The molecule has 4 rings (SSSR count). The minimum absolute atomic E-state index is 0.0764. The molecule has 2 N–H and O–H groups in total. The summed E-state index contributed by atoms with van der Waals surface area (Å²) in [4.78, 5) is 19.8. The third-order valence-electron chi connectivity index (χ3n) is 4.19. The summed E-state index contributed by atoms with van der Waals surface area (Å²) in [7, 11) is 0. The lowest BCUT2D eigenvalue weighted by Gasteiger charge is -2.04. The van der Waals surface area contributed by atoms with Crippen LogP contribution >= 0.6 is 0 Å². The summed E-state index contributed by atoms with van der Waals surface area (Å²) >= 11 is 0. The van der Waals surface area contributed by atoms with E-state index in [2.05, 4.69) is 20.4 Å². The Kier molecular flexibility index (Phi) is 3.93. The van der Waals surface area contributed by atoms with Crippen molar-refractivity contribution < 1.29 is 4.79 Å². The van der Waals surface area contributed by atoms with Crippen LogP contribution in [0.25, 0.3) is 16.6 Å². The highest BCUT2D eigenvalue weighted by atomic mass is 16.1. The number of hydrogen-bond donors (Lipinski definition) is 2. The van der Waals surface area contributed by atoms with Crippen molar-refractivity contribution in [1.82, 2.24) is 24.9 Å². The number of aromatic nitrogens is 4. The molecule has 3 heterocycles. The van der Waals surface area contributed by atoms with Gasteiger partial charge in [-0.1, -0.05) is 18.2 Å². The van der Waals surface area contributed by atoms with Crippen molar-refractivity contribution in [2.75, 3.05) is 6.54 Å². The van der Waals surface area contributed by atoms with E-state index in [9.17, 15) is 4.79 Å². The fourth-order valence-electron chi connectivity index (χ4n) is 2.95. The van der Waals surface area contributed by atoms with Crippen molar-refractivity contribution in [1.29, 1.82) is 0 Å². The number of fused-ring (bicyclic) bond motifs is 2. The van der Waals surface area contributed by atoms with Crippen LogP contribution in [0.15, 0.2) is 48.8 Å². The number of benzene rings is 1. The van der Waals surface area contributed by atoms with E-state index in [1.807, 2.05) is 55.7 Å². The Morgan fingerprint density at radius 3 is 3.04 bits per heavy atom. The molecule has 1 aromatic carbocycles. The van der Waals surface area contributed by atoms with Gasteiger partial charge < -0.3 is 10.3 Å². The summed E-state index contributed by atoms with van der Waals surface area (Å²) in [6.07, 6.45) is 5.55. The Balaban J connectivity index is 1.32. The molecule has 0 unspecified atom stereocenters. The normalized spacial score (nSPS) is 11.2. The molecule has 6 nitrogen and oxygen atoms in total. The molecule has 6 heteroatoms. The Morgan fingerprint density at radius 1 is 1.28 bits per heavy atom. The number of H-pyrrole nitrogens is 1. The molecule has 25 heavy (non-hydrogen) atoms. The second kappa shape index (κ2) is 6.39. The zero-order valence-corrected chi connectivity index (χ0v) is 14.0. The molecule has 4 aromatic rings. The Morgan fingerprint density at radius 2 is 2.16 bits per heavy atom. The van der Waals surface area contributed by atoms with Crippen LogP contribution in [-0.2, 0) is 6.42 Å². The van der Waals surface area contributed by atoms with Crippen LogP contribution in [0.1, 0.15) is 28.2 Å². The number of nitrogens with one attached hydrogen (secondary N) is 2. The molecule has 0 saturated carbocycles. The molecule has 0 aliphatic heterocycles. The third kappa shape index (κ3) is 3.24. The number of carbonyl (C=O) groups is 1. The smallest absolute Gasteiger partial charge is 0.267 e. The van der Waals surface area contributed by atoms with E-state index in [1.54, 1.807) is 4.52 Å². The molecule has 0 aliphatic carbocycles. The SMILES string of the molecule is Cc1cc2ncc(CCCNC(=O)c3cc4ccccc4[nH]3)cn2n1. The predicted octanol–water partition coefficient (Wildman–Crippen LogP) is 2.88. The topological polar surface area (TPSA) is 75.1 Å². The molecular formula is C19H19N5O. The van der Waals surface area contributed by atoms with E-state index in [1.165, 1.54) is 0 Å². The average molecular weight is 333 g/mol. The molecular weight excluding hydrogens is 314 g/mol. The van der Waals surface area contributed by atoms with Crippen LogP contribution in [0.5, 0.6) is 0 Å². The quantitative estimate of drug-likeness (QED) is 0.552. The lowest BCUT2D eigenvalue weighted by Crippen LogP contribution is -2.25. The molecule has 0 saturated heterocycles. The van der Waals surface area contributed by atoms with Gasteiger partial charge in [0, 0.05) is 35.9 Å². The van der Waals surface area contributed by atoms with Gasteiger partial charge in [-0.25, -0.2) is 9.50 Å². The predicted molar refractivity (Wildman–Crippen MR) is 96.7 cm³/mol. The number of nitrogens with zero attached hydrogens (tertiary/aromatic N) is 3. The van der Waals surface area contributed by atoms with Crippen molar-refractivity contribution in [2.45, 2.75) is 19.8 Å². The van der Waals surface area contributed by atoms with E-state index in [-0.39, 0.29) is 5.91 Å². The van der Waals surface area contributed by atoms with Gasteiger partial charge in [0.25, 0.3) is 5.91 Å². The number of amides is 1. The first-order valence-electron chi connectivity index (χ1n) is 8.36. The van der Waals surface area contributed by atoms with Crippen molar-refractivity contribution in [3.63, 3.8) is 0 Å². The Labute approximate surface area is 144 Å². The van der Waals surface area contributed by atoms with Crippen LogP contribution < -0.4 is 5.32 Å². The van der Waals surface area contributed by atoms with E-state index >= 15 is 0 Å². The summed E-state index contributed by atoms with van der Waals surface area (Å²) in [5.41, 5.74) is 4.48. The summed E-state index contributed by atoms with van der Waals surface area (Å²) in [6.45, 7) is 2.57. The van der Waals surface area contributed by atoms with E-state index in [0.29, 0.717) is 12.2 Å². The van der Waals surface area contributed by atoms with Gasteiger partial charge in [-0.2, -0.15) is 5.10 Å². The van der Waals surface area contributed by atoms with Crippen molar-refractivity contribution >= 4 is 22.5 Å². The summed E-state index contributed by atoms with van der Waals surface area (Å²) in [6, 6.07) is 11.7. The van der Waals surface area contributed by atoms with Gasteiger partial charge in [0.05, 0.1) is 5.69 Å². The first-order chi connectivity index (χ1) is 12.2. The van der Waals surface area contributed by atoms with Gasteiger partial charge in [0.15, 0.2) is 5.65 Å². The molecule has 1 amide bonds. The van der Waals surface area contributed by atoms with Gasteiger partial charge in [-0.05, 0) is 37.5 Å². The van der Waals surface area contributed by atoms with Crippen molar-refractivity contribution in [3.8, 4) is 0 Å². The summed E-state index contributed by atoms with van der Waals surface area (Å²) in [5.74, 6) is -0.0764. The number of aryl methyl sites for hydroxylation is 2. The molecule has 3 aromatic heterocycles. The lowest BCUT2D eigenvalue weighted by atomic mass is 10.2. The van der Waals surface area contributed by atoms with Crippen molar-refractivity contribution in [2.24, 2.45) is 0 Å². The van der Waals surface area contributed by atoms with Crippen LogP contribution in [-0.4, -0.2) is 32.0 Å². The van der Waals surface area contributed by atoms with Gasteiger partial charge in [0.2, 0.25) is 0 Å². The molecule has 0 radical (unpaired) electrons. The zero-order valence-electron chi connectivity index (χ0n) is 14.0. The highest BCUT2D eigenvalue weighted by Gasteiger charge is 2.08. The van der Waals surface area contributed by atoms with Crippen LogP contribution in [0.2, 0.25) is 0 Å². The Hall–Kier alpha value is -3.15. The maximum Gasteiger partial charge on any atom is 0.267 e. The van der Waals surface area contributed by atoms with Crippen LogP contribution in [0, 0.1) is 6.92 Å². The second-order valence-electron chi connectivity index (χ2n) is 6.18. The summed E-state index contributed by atoms with van der Waals surface area (Å²) < 4.78 is 1.80. The van der Waals surface area contributed by atoms with Gasteiger partial charge in [-0.3, -0.25) is 4.79 Å². The largest absolute Gasteiger partial charge is 0.351 e. The fraction of sp³-hybridized carbons (Fsp3) is 0.211. The van der Waals surface area contributed by atoms with Gasteiger partial charge >= 0.3 is 0 Å². The second-order valence-corrected chi connectivity index (χ2v) is 6.18. The minimum Gasteiger partial charge on any atom is -0.351 e. The molecule has 0 bridgehead atoms. The number of hydrogen-bond acceptors (Lipinski definition) is 3. The van der Waals surface area contributed by atoms with E-state index in [4.69, 9.17) is 0 Å². The van der Waals surface area contributed by atoms with Gasteiger partial charge in [0.1, 0.15) is 5.69 Å². The average Bonchev–Trinajstić information content (AvgIpc) is 3.20. The first-order valence-corrected chi connectivity index (χ1v) is 8.36. The lowest BCUT2D eigenvalue weighted by molar-refractivity contribution is 0.0949. The fourth-order valence-corrected chi connectivity index (χ4v) is 2.95. The van der Waals surface area contributed by atoms with Gasteiger partial charge in [-0.15, -0.1) is 0 Å². The number of carbonyl (C=O) groups excluding carboxylic acids is 1. The highest BCUT2D eigenvalue weighted by Crippen LogP contribution is 2.14. The molecule has 126 valence electrons.